The first-order chi connectivity index (χ1) is 16.9. The van der Waals surface area contributed by atoms with E-state index in [2.05, 4.69) is 25.6 Å². The van der Waals surface area contributed by atoms with Crippen molar-refractivity contribution >= 4 is 22.7 Å². The van der Waals surface area contributed by atoms with Gasteiger partial charge in [0.05, 0.1) is 35.1 Å². The lowest BCUT2D eigenvalue weighted by molar-refractivity contribution is -0.164. The Morgan fingerprint density at radius 3 is 2.86 bits per heavy atom. The summed E-state index contributed by atoms with van der Waals surface area (Å²) in [6.45, 7) is 1.25. The van der Waals surface area contributed by atoms with Crippen molar-refractivity contribution in [2.45, 2.75) is 61.9 Å². The van der Waals surface area contributed by atoms with Gasteiger partial charge < -0.3 is 25.1 Å². The molecule has 0 spiro atoms. The standard InChI is InChI=1S/C25H28FN5O4/c26-17-12-27-18-2-4-20(32)30-22(18)16(17)5-6-25-9-7-24(8-10-25,14-35-25)28-11-15-1-3-19-23(29-15)31-21(33)13-34-19/h1-4,12,19,23,28H,5-11,13-14H2,(H,30,32)(H,31,33). The summed E-state index contributed by atoms with van der Waals surface area (Å²) < 4.78 is 26.5. The molecule has 7 rings (SSSR count). The van der Waals surface area contributed by atoms with E-state index in [4.69, 9.17) is 9.47 Å². The molecule has 0 radical (unpaired) electrons. The van der Waals surface area contributed by atoms with Crippen molar-refractivity contribution in [2.75, 3.05) is 19.8 Å². The maximum absolute atomic E-state index is 14.6. The third-order valence-corrected chi connectivity index (χ3v) is 7.86. The van der Waals surface area contributed by atoms with Crippen molar-refractivity contribution in [3.05, 3.63) is 52.2 Å². The molecule has 3 saturated heterocycles. The van der Waals surface area contributed by atoms with Gasteiger partial charge in [-0.25, -0.2) is 4.39 Å². The number of nitrogens with zero attached hydrogens (tertiary/aromatic N) is 2. The molecule has 1 saturated carbocycles. The summed E-state index contributed by atoms with van der Waals surface area (Å²) in [6, 6.07) is 3.02. The molecule has 3 N–H and O–H groups in total. The normalized spacial score (nSPS) is 31.8. The maximum Gasteiger partial charge on any atom is 0.248 e. The van der Waals surface area contributed by atoms with Gasteiger partial charge in [-0.3, -0.25) is 19.6 Å². The summed E-state index contributed by atoms with van der Waals surface area (Å²) in [5, 5.41) is 6.52. The monoisotopic (exact) mass is 481 g/mol. The topological polar surface area (TPSA) is 118 Å². The highest BCUT2D eigenvalue weighted by Crippen LogP contribution is 2.46. The van der Waals surface area contributed by atoms with E-state index in [0.717, 1.165) is 31.4 Å². The van der Waals surface area contributed by atoms with Crippen molar-refractivity contribution in [1.82, 2.24) is 20.6 Å². The lowest BCUT2D eigenvalue weighted by atomic mass is 9.69. The number of hydrogen-bond acceptors (Lipinski definition) is 7. The van der Waals surface area contributed by atoms with Gasteiger partial charge in [-0.1, -0.05) is 6.08 Å². The van der Waals surface area contributed by atoms with Crippen LogP contribution in [0.25, 0.3) is 11.0 Å². The Hall–Kier alpha value is -2.95. The molecule has 2 aromatic rings. The number of aliphatic imine (C=N–C) groups is 1. The summed E-state index contributed by atoms with van der Waals surface area (Å²) in [6.07, 6.45) is 9.42. The zero-order valence-electron chi connectivity index (χ0n) is 19.3. The maximum atomic E-state index is 14.6. The first-order valence-electron chi connectivity index (χ1n) is 12.1. The highest BCUT2D eigenvalue weighted by molar-refractivity contribution is 5.98. The second kappa shape index (κ2) is 8.61. The van der Waals surface area contributed by atoms with Crippen LogP contribution in [0.2, 0.25) is 0 Å². The van der Waals surface area contributed by atoms with Gasteiger partial charge in [0.2, 0.25) is 11.5 Å². The van der Waals surface area contributed by atoms with Crippen LogP contribution in [0.4, 0.5) is 4.39 Å². The number of H-pyrrole nitrogens is 1. The van der Waals surface area contributed by atoms with Crippen LogP contribution < -0.4 is 16.2 Å². The molecule has 4 aliphatic heterocycles. The molecule has 4 fully saturated rings. The van der Waals surface area contributed by atoms with Gasteiger partial charge in [-0.15, -0.1) is 0 Å². The minimum absolute atomic E-state index is 0.0682. The number of carbonyl (C=O) groups is 1. The lowest BCUT2D eigenvalue weighted by Gasteiger charge is -2.53. The fraction of sp³-hybridized carbons (Fsp3) is 0.520. The number of aromatic amines is 1. The summed E-state index contributed by atoms with van der Waals surface area (Å²) in [5.74, 6) is -0.548. The summed E-state index contributed by atoms with van der Waals surface area (Å²) in [5.41, 5.74) is 1.77. The molecule has 9 nitrogen and oxygen atoms in total. The van der Waals surface area contributed by atoms with Gasteiger partial charge in [0.25, 0.3) is 0 Å². The van der Waals surface area contributed by atoms with E-state index in [9.17, 15) is 14.0 Å². The van der Waals surface area contributed by atoms with Crippen molar-refractivity contribution in [3.63, 3.8) is 0 Å². The second-order valence-corrected chi connectivity index (χ2v) is 10.0. The average Bonchev–Trinajstić information content (AvgIpc) is 2.88. The van der Waals surface area contributed by atoms with E-state index >= 15 is 0 Å². The molecule has 2 aromatic heterocycles. The van der Waals surface area contributed by atoms with E-state index in [1.807, 2.05) is 12.2 Å². The molecule has 184 valence electrons. The van der Waals surface area contributed by atoms with Gasteiger partial charge >= 0.3 is 0 Å². The highest BCUT2D eigenvalue weighted by Gasteiger charge is 2.49. The van der Waals surface area contributed by atoms with Crippen LogP contribution in [-0.2, 0) is 20.7 Å². The number of aryl methyl sites for hydroxylation is 1. The summed E-state index contributed by atoms with van der Waals surface area (Å²) >= 11 is 0. The number of morpholine rings is 1. The molecule has 6 heterocycles. The second-order valence-electron chi connectivity index (χ2n) is 10.0. The van der Waals surface area contributed by atoms with Crippen LogP contribution in [0.1, 0.15) is 37.7 Å². The minimum atomic E-state index is -0.401. The molecule has 0 aromatic carbocycles. The van der Waals surface area contributed by atoms with E-state index in [1.54, 1.807) is 6.07 Å². The largest absolute Gasteiger partial charge is 0.373 e. The van der Waals surface area contributed by atoms with Gasteiger partial charge in [-0.2, -0.15) is 0 Å². The lowest BCUT2D eigenvalue weighted by Crippen LogP contribution is -2.62. The predicted octanol–water partition coefficient (Wildman–Crippen LogP) is 1.52. The van der Waals surface area contributed by atoms with E-state index < -0.39 is 5.82 Å². The zero-order valence-corrected chi connectivity index (χ0v) is 19.3. The van der Waals surface area contributed by atoms with Crippen molar-refractivity contribution in [3.8, 4) is 0 Å². The SMILES string of the molecule is O=C1COC2C=CC(CNC34CCC(CCc5c(F)cnc6ccc(=O)[nH]c56)(CC3)OC4)=NC2N1. The Morgan fingerprint density at radius 1 is 1.20 bits per heavy atom. The fourth-order valence-corrected chi connectivity index (χ4v) is 5.67. The van der Waals surface area contributed by atoms with Gasteiger partial charge in [0.15, 0.2) is 6.17 Å². The number of ether oxygens (including phenoxy) is 2. The minimum Gasteiger partial charge on any atom is -0.373 e. The third-order valence-electron chi connectivity index (χ3n) is 7.86. The number of nitrogens with one attached hydrogen (secondary N) is 3. The average molecular weight is 482 g/mol. The van der Waals surface area contributed by atoms with Gasteiger partial charge in [0.1, 0.15) is 18.5 Å². The number of pyridine rings is 2. The number of amides is 1. The molecule has 2 bridgehead atoms. The molecule has 1 aliphatic carbocycles. The van der Waals surface area contributed by atoms with Crippen LogP contribution in [0.15, 0.2) is 40.3 Å². The van der Waals surface area contributed by atoms with Crippen LogP contribution in [-0.4, -0.2) is 64.8 Å². The molecular weight excluding hydrogens is 453 g/mol. The van der Waals surface area contributed by atoms with E-state index in [1.165, 1.54) is 12.3 Å². The number of rotatable bonds is 6. The smallest absolute Gasteiger partial charge is 0.248 e. The Labute approximate surface area is 201 Å². The van der Waals surface area contributed by atoms with Gasteiger partial charge in [-0.05, 0) is 50.7 Å². The quantitative estimate of drug-likeness (QED) is 0.576. The molecule has 1 amide bonds. The Kier molecular flexibility index (Phi) is 5.54. The molecular formula is C25H28FN5O4. The van der Waals surface area contributed by atoms with Crippen LogP contribution in [0.3, 0.4) is 0 Å². The highest BCUT2D eigenvalue weighted by atomic mass is 19.1. The molecule has 2 unspecified atom stereocenters. The number of fused-ring (bicyclic) bond motifs is 5. The number of dihydropyridines is 1. The first kappa shape index (κ1) is 22.5. The first-order valence-corrected chi connectivity index (χ1v) is 12.1. The van der Waals surface area contributed by atoms with Crippen molar-refractivity contribution in [2.24, 2.45) is 4.99 Å². The number of aromatic nitrogens is 2. The molecule has 10 heteroatoms. The van der Waals surface area contributed by atoms with Crippen LogP contribution in [0, 0.1) is 5.82 Å². The Bertz CT molecular complexity index is 1260. The Balaban J connectivity index is 1.08. The zero-order chi connectivity index (χ0) is 24.0. The summed E-state index contributed by atoms with van der Waals surface area (Å²) in [4.78, 5) is 34.9. The predicted molar refractivity (Wildman–Crippen MR) is 127 cm³/mol. The van der Waals surface area contributed by atoms with Crippen LogP contribution in [0.5, 0.6) is 0 Å². The molecule has 5 aliphatic rings. The van der Waals surface area contributed by atoms with E-state index in [0.29, 0.717) is 42.6 Å². The summed E-state index contributed by atoms with van der Waals surface area (Å²) in [7, 11) is 0. The van der Waals surface area contributed by atoms with E-state index in [-0.39, 0.29) is 41.5 Å². The number of carbonyl (C=O) groups excluding carboxylic acids is 1. The number of halogens is 1. The molecule has 2 atom stereocenters. The van der Waals surface area contributed by atoms with Crippen molar-refractivity contribution < 1.29 is 18.7 Å². The Morgan fingerprint density at radius 2 is 2.06 bits per heavy atom. The van der Waals surface area contributed by atoms with Crippen LogP contribution >= 0.6 is 0 Å². The number of hydrogen-bond donors (Lipinski definition) is 3. The molecule has 35 heavy (non-hydrogen) atoms. The van der Waals surface area contributed by atoms with Crippen molar-refractivity contribution in [1.29, 1.82) is 0 Å². The van der Waals surface area contributed by atoms with Gasteiger partial charge in [0, 0.05) is 23.7 Å². The third kappa shape index (κ3) is 4.30. The fourth-order valence-electron chi connectivity index (χ4n) is 5.67.